The molecule has 0 radical (unpaired) electrons. The van der Waals surface area contributed by atoms with Gasteiger partial charge in [-0.1, -0.05) is 22.4 Å². The van der Waals surface area contributed by atoms with E-state index in [1.165, 1.54) is 18.4 Å². The average Bonchev–Trinajstić information content (AvgIpc) is 2.78. The first kappa shape index (κ1) is 12.0. The van der Waals surface area contributed by atoms with Crippen LogP contribution in [0.25, 0.3) is 0 Å². The molecule has 3 aliphatic rings. The summed E-state index contributed by atoms with van der Waals surface area (Å²) >= 11 is 3.64. The molecule has 0 bridgehead atoms. The van der Waals surface area contributed by atoms with Gasteiger partial charge in [0, 0.05) is 21.9 Å². The van der Waals surface area contributed by atoms with E-state index in [9.17, 15) is 4.79 Å². The standard InChI is InChI=1S/C15H18BrNO2/c16-8-5-6-9-11(7-8)15(18)17-13-10-3-1-2-4-12(10)19-14(9)13/h8,10,12H,1-7H2,(H,17,18). The Labute approximate surface area is 120 Å². The third kappa shape index (κ3) is 1.79. The molecule has 0 saturated heterocycles. The van der Waals surface area contributed by atoms with Gasteiger partial charge in [-0.05, 0) is 38.5 Å². The summed E-state index contributed by atoms with van der Waals surface area (Å²) in [4.78, 5) is 15.9. The van der Waals surface area contributed by atoms with Crippen molar-refractivity contribution in [2.24, 2.45) is 0 Å². The van der Waals surface area contributed by atoms with Crippen LogP contribution in [-0.2, 0) is 12.8 Å². The Morgan fingerprint density at radius 3 is 2.89 bits per heavy atom. The molecule has 1 aliphatic heterocycles. The lowest BCUT2D eigenvalue weighted by Crippen LogP contribution is -2.25. The van der Waals surface area contributed by atoms with Gasteiger partial charge < -0.3 is 9.72 Å². The number of ether oxygens (including phenoxy) is 1. The van der Waals surface area contributed by atoms with Crippen molar-refractivity contribution < 1.29 is 4.74 Å². The van der Waals surface area contributed by atoms with Gasteiger partial charge in [-0.2, -0.15) is 0 Å². The Balaban J connectivity index is 1.85. The average molecular weight is 324 g/mol. The smallest absolute Gasteiger partial charge is 0.251 e. The van der Waals surface area contributed by atoms with Gasteiger partial charge in [-0.3, -0.25) is 4.79 Å². The highest BCUT2D eigenvalue weighted by Gasteiger charge is 2.40. The van der Waals surface area contributed by atoms with Crippen molar-refractivity contribution in [1.82, 2.24) is 4.98 Å². The molecule has 2 aliphatic carbocycles. The van der Waals surface area contributed by atoms with Crippen LogP contribution in [0.2, 0.25) is 0 Å². The highest BCUT2D eigenvalue weighted by molar-refractivity contribution is 9.09. The Bertz CT molecular complexity index is 580. The molecule has 3 nitrogen and oxygen atoms in total. The molecule has 1 aromatic heterocycles. The molecule has 3 unspecified atom stereocenters. The second-order valence-electron chi connectivity index (χ2n) is 6.04. The Hall–Kier alpha value is -0.770. The molecule has 3 atom stereocenters. The minimum atomic E-state index is 0.118. The fourth-order valence-electron chi connectivity index (χ4n) is 3.91. The van der Waals surface area contributed by atoms with E-state index in [0.717, 1.165) is 49.1 Å². The topological polar surface area (TPSA) is 42.1 Å². The number of rotatable bonds is 0. The van der Waals surface area contributed by atoms with Gasteiger partial charge >= 0.3 is 0 Å². The predicted octanol–water partition coefficient (Wildman–Crippen LogP) is 3.05. The molecular weight excluding hydrogens is 306 g/mol. The van der Waals surface area contributed by atoms with Crippen LogP contribution in [0.1, 0.15) is 54.8 Å². The Morgan fingerprint density at radius 2 is 2.00 bits per heavy atom. The molecule has 4 rings (SSSR count). The molecule has 1 aromatic rings. The molecule has 2 heterocycles. The van der Waals surface area contributed by atoms with Gasteiger partial charge in [0.15, 0.2) is 0 Å². The van der Waals surface area contributed by atoms with Crippen LogP contribution in [0.3, 0.4) is 0 Å². The summed E-state index contributed by atoms with van der Waals surface area (Å²) in [6, 6.07) is 0. The molecule has 1 fully saturated rings. The molecule has 0 aromatic carbocycles. The Kier molecular flexibility index (Phi) is 2.76. The first-order valence-electron chi connectivity index (χ1n) is 7.32. The second kappa shape index (κ2) is 4.37. The zero-order chi connectivity index (χ0) is 13.0. The minimum Gasteiger partial charge on any atom is -0.488 e. The van der Waals surface area contributed by atoms with Crippen LogP contribution >= 0.6 is 15.9 Å². The third-order valence-electron chi connectivity index (χ3n) is 4.88. The quantitative estimate of drug-likeness (QED) is 0.745. The molecule has 4 heteroatoms. The zero-order valence-corrected chi connectivity index (χ0v) is 12.5. The van der Waals surface area contributed by atoms with Gasteiger partial charge in [0.05, 0.1) is 5.69 Å². The van der Waals surface area contributed by atoms with Crippen LogP contribution < -0.4 is 10.3 Å². The first-order valence-corrected chi connectivity index (χ1v) is 8.24. The third-order valence-corrected chi connectivity index (χ3v) is 5.66. The summed E-state index contributed by atoms with van der Waals surface area (Å²) in [6.07, 6.45) is 8.02. The molecule has 0 amide bonds. The second-order valence-corrected chi connectivity index (χ2v) is 7.34. The Morgan fingerprint density at radius 1 is 1.16 bits per heavy atom. The van der Waals surface area contributed by atoms with Crippen molar-refractivity contribution in [3.63, 3.8) is 0 Å². The van der Waals surface area contributed by atoms with E-state index in [1.807, 2.05) is 0 Å². The number of aromatic amines is 1. The van der Waals surface area contributed by atoms with E-state index in [2.05, 4.69) is 20.9 Å². The van der Waals surface area contributed by atoms with Crippen molar-refractivity contribution in [2.45, 2.75) is 61.8 Å². The fraction of sp³-hybridized carbons (Fsp3) is 0.667. The SMILES string of the molecule is O=c1[nH]c2c(c3c1CC(Br)CC3)OC1CCCCC21. The van der Waals surface area contributed by atoms with Crippen molar-refractivity contribution in [3.05, 3.63) is 27.2 Å². The van der Waals surface area contributed by atoms with Crippen molar-refractivity contribution in [2.75, 3.05) is 0 Å². The lowest BCUT2D eigenvalue weighted by atomic mass is 9.84. The molecule has 1 N–H and O–H groups in total. The van der Waals surface area contributed by atoms with Gasteiger partial charge in [0.1, 0.15) is 11.9 Å². The number of fused-ring (bicyclic) bond motifs is 5. The van der Waals surface area contributed by atoms with Crippen molar-refractivity contribution in [1.29, 1.82) is 0 Å². The summed E-state index contributed by atoms with van der Waals surface area (Å²) < 4.78 is 6.21. The number of pyridine rings is 1. The van der Waals surface area contributed by atoms with E-state index in [1.54, 1.807) is 0 Å². The monoisotopic (exact) mass is 323 g/mol. The summed E-state index contributed by atoms with van der Waals surface area (Å²) in [5, 5.41) is 0. The fourth-order valence-corrected chi connectivity index (χ4v) is 4.46. The summed E-state index contributed by atoms with van der Waals surface area (Å²) in [6.45, 7) is 0. The van der Waals surface area contributed by atoms with Crippen LogP contribution in [0.5, 0.6) is 5.75 Å². The maximum Gasteiger partial charge on any atom is 0.251 e. The maximum atomic E-state index is 12.3. The van der Waals surface area contributed by atoms with E-state index in [4.69, 9.17) is 4.74 Å². The number of hydrogen-bond donors (Lipinski definition) is 1. The van der Waals surface area contributed by atoms with Crippen LogP contribution in [0.4, 0.5) is 0 Å². The number of hydrogen-bond acceptors (Lipinski definition) is 2. The van der Waals surface area contributed by atoms with Crippen LogP contribution in [-0.4, -0.2) is 15.9 Å². The van der Waals surface area contributed by atoms with Gasteiger partial charge in [-0.25, -0.2) is 0 Å². The van der Waals surface area contributed by atoms with E-state index in [0.29, 0.717) is 16.8 Å². The molecule has 1 saturated carbocycles. The van der Waals surface area contributed by atoms with Crippen LogP contribution in [0.15, 0.2) is 4.79 Å². The first-order chi connectivity index (χ1) is 9.24. The van der Waals surface area contributed by atoms with E-state index < -0.39 is 0 Å². The highest BCUT2D eigenvalue weighted by atomic mass is 79.9. The molecule has 0 spiro atoms. The predicted molar refractivity (Wildman–Crippen MR) is 77.4 cm³/mol. The van der Waals surface area contributed by atoms with E-state index >= 15 is 0 Å². The van der Waals surface area contributed by atoms with Gasteiger partial charge in [0.2, 0.25) is 0 Å². The van der Waals surface area contributed by atoms with Gasteiger partial charge in [-0.15, -0.1) is 0 Å². The number of halogens is 1. The van der Waals surface area contributed by atoms with E-state index in [-0.39, 0.29) is 5.56 Å². The van der Waals surface area contributed by atoms with Gasteiger partial charge in [0.25, 0.3) is 5.56 Å². The molecular formula is C15H18BrNO2. The number of aromatic nitrogens is 1. The van der Waals surface area contributed by atoms with Crippen molar-refractivity contribution >= 4 is 15.9 Å². The molecule has 102 valence electrons. The van der Waals surface area contributed by atoms with Crippen molar-refractivity contribution in [3.8, 4) is 5.75 Å². The summed E-state index contributed by atoms with van der Waals surface area (Å²) in [5.41, 5.74) is 3.36. The highest BCUT2D eigenvalue weighted by Crippen LogP contribution is 2.47. The molecule has 19 heavy (non-hydrogen) atoms. The lowest BCUT2D eigenvalue weighted by molar-refractivity contribution is 0.162. The number of nitrogens with one attached hydrogen (secondary N) is 1. The number of alkyl halides is 1. The number of H-pyrrole nitrogens is 1. The largest absolute Gasteiger partial charge is 0.488 e. The minimum absolute atomic E-state index is 0.118. The lowest BCUT2D eigenvalue weighted by Gasteiger charge is -2.23. The van der Waals surface area contributed by atoms with Crippen LogP contribution in [0, 0.1) is 0 Å². The maximum absolute atomic E-state index is 12.3. The zero-order valence-electron chi connectivity index (χ0n) is 10.9. The normalized spacial score (nSPS) is 32.2. The summed E-state index contributed by atoms with van der Waals surface area (Å²) in [7, 11) is 0. The summed E-state index contributed by atoms with van der Waals surface area (Å²) in [5.74, 6) is 1.47.